The second-order valence-electron chi connectivity index (χ2n) is 4.61. The Morgan fingerprint density at radius 2 is 2.04 bits per heavy atom. The fourth-order valence-corrected chi connectivity index (χ4v) is 2.19. The maximum absolute atomic E-state index is 12.6. The van der Waals surface area contributed by atoms with E-state index in [9.17, 15) is 32.9 Å². The lowest BCUT2D eigenvalue weighted by molar-refractivity contribution is -0.386. The van der Waals surface area contributed by atoms with Gasteiger partial charge in [-0.1, -0.05) is 0 Å². The van der Waals surface area contributed by atoms with Gasteiger partial charge in [0.05, 0.1) is 29.8 Å². The van der Waals surface area contributed by atoms with Crippen molar-refractivity contribution >= 4 is 23.2 Å². The molecule has 1 aliphatic rings. The van der Waals surface area contributed by atoms with Crippen LogP contribution in [0.1, 0.15) is 5.56 Å². The molecule has 2 rings (SSSR count). The lowest BCUT2D eigenvalue weighted by Crippen LogP contribution is -2.43. The Morgan fingerprint density at radius 3 is 2.57 bits per heavy atom. The SMILES string of the molecule is COc1ccc2c(c1[N+](=O)[O-])CN(C(=O)C(F)(F)F)CC(=O)N2. The number of alkyl halides is 3. The zero-order chi connectivity index (χ0) is 17.4. The van der Waals surface area contributed by atoms with Crippen LogP contribution in [0.2, 0.25) is 0 Å². The van der Waals surface area contributed by atoms with E-state index in [1.807, 2.05) is 0 Å². The molecule has 2 amide bonds. The highest BCUT2D eigenvalue weighted by Gasteiger charge is 2.44. The Bertz CT molecular complexity index is 689. The highest BCUT2D eigenvalue weighted by Crippen LogP contribution is 2.38. The summed E-state index contributed by atoms with van der Waals surface area (Å²) in [5, 5.41) is 13.5. The molecule has 8 nitrogen and oxygen atoms in total. The first-order chi connectivity index (χ1) is 10.6. The number of carbonyl (C=O) groups excluding carboxylic acids is 2. The summed E-state index contributed by atoms with van der Waals surface area (Å²) in [5.41, 5.74) is -0.884. The maximum atomic E-state index is 12.6. The van der Waals surface area contributed by atoms with Crippen molar-refractivity contribution in [3.8, 4) is 5.75 Å². The van der Waals surface area contributed by atoms with Gasteiger partial charge in [0.25, 0.3) is 0 Å². The number of fused-ring (bicyclic) bond motifs is 1. The first kappa shape index (κ1) is 16.5. The van der Waals surface area contributed by atoms with Crippen LogP contribution in [0.25, 0.3) is 0 Å². The van der Waals surface area contributed by atoms with Crippen LogP contribution >= 0.6 is 0 Å². The second kappa shape index (κ2) is 5.74. The average molecular weight is 333 g/mol. The molecule has 1 heterocycles. The third-order valence-electron chi connectivity index (χ3n) is 3.14. The maximum Gasteiger partial charge on any atom is 0.471 e. The second-order valence-corrected chi connectivity index (χ2v) is 4.61. The summed E-state index contributed by atoms with van der Waals surface area (Å²) in [4.78, 5) is 33.6. The highest BCUT2D eigenvalue weighted by molar-refractivity contribution is 5.98. The smallest absolute Gasteiger partial charge is 0.471 e. The first-order valence-electron chi connectivity index (χ1n) is 6.15. The van der Waals surface area contributed by atoms with Crippen LogP contribution < -0.4 is 10.1 Å². The van der Waals surface area contributed by atoms with Gasteiger partial charge in [-0.3, -0.25) is 19.7 Å². The van der Waals surface area contributed by atoms with Crippen LogP contribution in [-0.2, 0) is 16.1 Å². The van der Waals surface area contributed by atoms with Crippen LogP contribution in [0, 0.1) is 10.1 Å². The van der Waals surface area contributed by atoms with Crippen molar-refractivity contribution in [2.45, 2.75) is 12.7 Å². The Morgan fingerprint density at radius 1 is 1.39 bits per heavy atom. The minimum absolute atomic E-state index is 0.0417. The number of hydrogen-bond donors (Lipinski definition) is 1. The van der Waals surface area contributed by atoms with E-state index >= 15 is 0 Å². The van der Waals surface area contributed by atoms with Crippen molar-refractivity contribution < 1.29 is 32.4 Å². The molecule has 0 radical (unpaired) electrons. The number of ether oxygens (including phenoxy) is 1. The number of nitro groups is 1. The molecule has 0 saturated carbocycles. The van der Waals surface area contributed by atoms with Gasteiger partial charge in [-0.25, -0.2) is 0 Å². The number of nitrogens with one attached hydrogen (secondary N) is 1. The van der Waals surface area contributed by atoms with Crippen LogP contribution in [0.5, 0.6) is 5.75 Å². The van der Waals surface area contributed by atoms with Crippen molar-refractivity contribution in [3.63, 3.8) is 0 Å². The van der Waals surface area contributed by atoms with Crippen LogP contribution in [0.4, 0.5) is 24.5 Å². The molecule has 0 spiro atoms. The Labute approximate surface area is 127 Å². The van der Waals surface area contributed by atoms with E-state index in [0.29, 0.717) is 0 Å². The van der Waals surface area contributed by atoms with Crippen LogP contribution in [0.3, 0.4) is 0 Å². The van der Waals surface area contributed by atoms with Crippen molar-refractivity contribution in [3.05, 3.63) is 27.8 Å². The molecule has 0 aromatic heterocycles. The van der Waals surface area contributed by atoms with Gasteiger partial charge in [-0.15, -0.1) is 0 Å². The molecule has 0 aliphatic carbocycles. The van der Waals surface area contributed by atoms with Gasteiger partial charge in [0.2, 0.25) is 5.91 Å². The number of hydrogen-bond acceptors (Lipinski definition) is 5. The van der Waals surface area contributed by atoms with E-state index in [-0.39, 0.29) is 21.9 Å². The minimum atomic E-state index is -5.20. The van der Waals surface area contributed by atoms with E-state index < -0.39 is 41.7 Å². The van der Waals surface area contributed by atoms with Crippen molar-refractivity contribution in [1.29, 1.82) is 0 Å². The number of benzene rings is 1. The largest absolute Gasteiger partial charge is 0.490 e. The Kier molecular flexibility index (Phi) is 4.12. The van der Waals surface area contributed by atoms with Crippen molar-refractivity contribution in [1.82, 2.24) is 4.90 Å². The predicted octanol–water partition coefficient (Wildman–Crippen LogP) is 1.45. The fourth-order valence-electron chi connectivity index (χ4n) is 2.19. The molecule has 1 aliphatic heterocycles. The number of carbonyl (C=O) groups is 2. The van der Waals surface area contributed by atoms with Crippen LogP contribution in [-0.4, -0.2) is 41.5 Å². The first-order valence-corrected chi connectivity index (χ1v) is 6.15. The summed E-state index contributed by atoms with van der Waals surface area (Å²) in [5.74, 6) is -3.33. The summed E-state index contributed by atoms with van der Waals surface area (Å²) in [6, 6.07) is 2.47. The molecule has 1 aromatic rings. The summed E-state index contributed by atoms with van der Waals surface area (Å²) < 4.78 is 42.6. The number of rotatable bonds is 2. The molecule has 11 heteroatoms. The number of methoxy groups -OCH3 is 1. The normalized spacial score (nSPS) is 14.6. The zero-order valence-corrected chi connectivity index (χ0v) is 11.6. The molecule has 1 N–H and O–H groups in total. The number of amides is 2. The predicted molar refractivity (Wildman–Crippen MR) is 69.8 cm³/mol. The number of nitro benzene ring substituents is 1. The quantitative estimate of drug-likeness (QED) is 0.652. The molecule has 23 heavy (non-hydrogen) atoms. The van der Waals surface area contributed by atoms with Gasteiger partial charge in [-0.05, 0) is 12.1 Å². The number of halogens is 3. The van der Waals surface area contributed by atoms with Crippen LogP contribution in [0.15, 0.2) is 12.1 Å². The molecule has 0 bridgehead atoms. The van der Waals surface area contributed by atoms with E-state index in [0.717, 1.165) is 7.11 Å². The minimum Gasteiger partial charge on any atom is -0.490 e. The monoisotopic (exact) mass is 333 g/mol. The number of anilines is 1. The summed E-state index contributed by atoms with van der Waals surface area (Å²) in [7, 11) is 1.16. The molecule has 1 aromatic carbocycles. The van der Waals surface area contributed by atoms with Crippen molar-refractivity contribution in [2.24, 2.45) is 0 Å². The third-order valence-corrected chi connectivity index (χ3v) is 3.14. The fraction of sp³-hybridized carbons (Fsp3) is 0.333. The summed E-state index contributed by atoms with van der Waals surface area (Å²) in [6.45, 7) is -1.62. The summed E-state index contributed by atoms with van der Waals surface area (Å²) >= 11 is 0. The lowest BCUT2D eigenvalue weighted by Gasteiger charge is -2.20. The summed E-state index contributed by atoms with van der Waals surface area (Å²) in [6.07, 6.45) is -5.20. The van der Waals surface area contributed by atoms with Gasteiger partial charge in [0.1, 0.15) is 6.54 Å². The van der Waals surface area contributed by atoms with Gasteiger partial charge < -0.3 is 15.0 Å². The molecule has 0 fully saturated rings. The molecule has 0 unspecified atom stereocenters. The van der Waals surface area contributed by atoms with Gasteiger partial charge in [0.15, 0.2) is 5.75 Å². The third kappa shape index (κ3) is 3.17. The number of nitrogens with zero attached hydrogens (tertiary/aromatic N) is 2. The Hall–Kier alpha value is -2.85. The highest BCUT2D eigenvalue weighted by atomic mass is 19.4. The molecule has 0 atom stereocenters. The topological polar surface area (TPSA) is 102 Å². The zero-order valence-electron chi connectivity index (χ0n) is 11.6. The molecule has 0 saturated heterocycles. The average Bonchev–Trinajstić information content (AvgIpc) is 2.61. The van der Waals surface area contributed by atoms with Gasteiger partial charge in [0, 0.05) is 0 Å². The standard InChI is InChI=1S/C12H10F3N3O5/c1-23-8-3-2-7-6(10(8)18(21)22)4-17(5-9(19)16-7)11(20)12(13,14)15/h2-3H,4-5H2,1H3,(H,16,19). The molecular weight excluding hydrogens is 323 g/mol. The van der Waals surface area contributed by atoms with E-state index in [4.69, 9.17) is 4.74 Å². The molecule has 124 valence electrons. The molecular formula is C12H10F3N3O5. The van der Waals surface area contributed by atoms with E-state index in [1.165, 1.54) is 12.1 Å². The van der Waals surface area contributed by atoms with Crippen molar-refractivity contribution in [2.75, 3.05) is 19.0 Å². The van der Waals surface area contributed by atoms with E-state index in [1.54, 1.807) is 0 Å². The Balaban J connectivity index is 2.57. The van der Waals surface area contributed by atoms with Gasteiger partial charge >= 0.3 is 17.8 Å². The lowest BCUT2D eigenvalue weighted by atomic mass is 10.1. The van der Waals surface area contributed by atoms with Gasteiger partial charge in [-0.2, -0.15) is 13.2 Å². The van der Waals surface area contributed by atoms with E-state index in [2.05, 4.69) is 5.32 Å².